The van der Waals surface area contributed by atoms with E-state index < -0.39 is 0 Å². The molecule has 0 saturated heterocycles. The van der Waals surface area contributed by atoms with E-state index >= 15 is 0 Å². The Labute approximate surface area is 231 Å². The third-order valence-corrected chi connectivity index (χ3v) is 7.68. The second-order valence-electron chi connectivity index (χ2n) is 10.3. The van der Waals surface area contributed by atoms with Crippen LogP contribution in [0.25, 0.3) is 21.5 Å². The fraction of sp³-hybridized carbons (Fsp3) is 0.333. The first-order valence-electron chi connectivity index (χ1n) is 14.1. The number of hydrogen-bond donors (Lipinski definition) is 4. The average molecular weight is 525 g/mol. The van der Waals surface area contributed by atoms with Gasteiger partial charge in [-0.15, -0.1) is 0 Å². The van der Waals surface area contributed by atoms with Gasteiger partial charge in [0.25, 0.3) is 0 Å². The van der Waals surface area contributed by atoms with Crippen LogP contribution in [-0.4, -0.2) is 25.2 Å². The second-order valence-corrected chi connectivity index (χ2v) is 10.3. The van der Waals surface area contributed by atoms with Gasteiger partial charge >= 0.3 is 12.1 Å². The fourth-order valence-corrected chi connectivity index (χ4v) is 5.27. The quantitative estimate of drug-likeness (QED) is 0.141. The number of rotatable bonds is 12. The lowest BCUT2D eigenvalue weighted by Crippen LogP contribution is -2.40. The lowest BCUT2D eigenvalue weighted by molar-refractivity contribution is 0.202. The maximum Gasteiger partial charge on any atom is 0.319 e. The van der Waals surface area contributed by atoms with Crippen LogP contribution in [0, 0.1) is 5.41 Å². The summed E-state index contributed by atoms with van der Waals surface area (Å²) in [5.74, 6) is 0. The molecule has 1 unspecified atom stereocenters. The molecule has 0 heterocycles. The van der Waals surface area contributed by atoms with E-state index in [1.165, 1.54) is 0 Å². The van der Waals surface area contributed by atoms with Crippen LogP contribution in [0.15, 0.2) is 84.9 Å². The van der Waals surface area contributed by atoms with E-state index in [-0.39, 0.29) is 17.5 Å². The van der Waals surface area contributed by atoms with E-state index in [9.17, 15) is 9.59 Å². The van der Waals surface area contributed by atoms with Gasteiger partial charge in [-0.05, 0) is 54.0 Å². The highest BCUT2D eigenvalue weighted by atomic mass is 16.2. The van der Waals surface area contributed by atoms with Gasteiger partial charge in [0.1, 0.15) is 0 Å². The highest BCUT2D eigenvalue weighted by Crippen LogP contribution is 2.33. The zero-order valence-corrected chi connectivity index (χ0v) is 23.1. The summed E-state index contributed by atoms with van der Waals surface area (Å²) < 4.78 is 0. The van der Waals surface area contributed by atoms with Crippen molar-refractivity contribution in [3.8, 4) is 0 Å². The minimum atomic E-state index is -0.199. The summed E-state index contributed by atoms with van der Waals surface area (Å²) in [5, 5.41) is 16.4. The Hall–Kier alpha value is -4.06. The molecule has 0 fully saturated rings. The Morgan fingerprint density at radius 2 is 1.15 bits per heavy atom. The fourth-order valence-electron chi connectivity index (χ4n) is 5.27. The number of nitrogens with one attached hydrogen (secondary N) is 4. The Morgan fingerprint density at radius 1 is 0.641 bits per heavy atom. The molecular weight excluding hydrogens is 484 g/mol. The van der Waals surface area contributed by atoms with Crippen LogP contribution < -0.4 is 21.3 Å². The maximum absolute atomic E-state index is 12.9. The smallest absolute Gasteiger partial charge is 0.319 e. The molecule has 4 rings (SSSR count). The monoisotopic (exact) mass is 524 g/mol. The number of carbonyl (C=O) groups excluding carboxylic acids is 2. The molecule has 1 atom stereocenters. The molecule has 0 radical (unpaired) electrons. The molecule has 0 saturated carbocycles. The van der Waals surface area contributed by atoms with Gasteiger partial charge in [-0.3, -0.25) is 0 Å². The van der Waals surface area contributed by atoms with Gasteiger partial charge in [0.05, 0.1) is 11.4 Å². The molecule has 6 nitrogen and oxygen atoms in total. The molecule has 0 aliphatic heterocycles. The maximum atomic E-state index is 12.9. The SMILES string of the molecule is CCCCC(CC)(CCCNC(=O)Nc1cccc2ccccc12)CNC(=O)Nc1cccc2ccccc12. The summed E-state index contributed by atoms with van der Waals surface area (Å²) in [5.41, 5.74) is 1.60. The van der Waals surface area contributed by atoms with Crippen LogP contribution in [0.5, 0.6) is 0 Å². The highest BCUT2D eigenvalue weighted by Gasteiger charge is 2.28. The van der Waals surface area contributed by atoms with Crippen molar-refractivity contribution in [2.24, 2.45) is 5.41 Å². The first-order valence-corrected chi connectivity index (χ1v) is 14.1. The van der Waals surface area contributed by atoms with Crippen molar-refractivity contribution in [3.05, 3.63) is 84.9 Å². The number of anilines is 2. The molecule has 39 heavy (non-hydrogen) atoms. The molecule has 0 spiro atoms. The van der Waals surface area contributed by atoms with Crippen molar-refractivity contribution in [3.63, 3.8) is 0 Å². The molecule has 0 aliphatic carbocycles. The largest absolute Gasteiger partial charge is 0.338 e. The van der Waals surface area contributed by atoms with E-state index in [0.717, 1.165) is 71.4 Å². The van der Waals surface area contributed by atoms with Crippen LogP contribution >= 0.6 is 0 Å². The molecule has 0 aromatic heterocycles. The minimum Gasteiger partial charge on any atom is -0.338 e. The van der Waals surface area contributed by atoms with Crippen molar-refractivity contribution in [1.82, 2.24) is 10.6 Å². The Morgan fingerprint density at radius 3 is 1.72 bits per heavy atom. The van der Waals surface area contributed by atoms with Crippen LogP contribution in [0.2, 0.25) is 0 Å². The average Bonchev–Trinajstić information content (AvgIpc) is 2.97. The van der Waals surface area contributed by atoms with E-state index in [1.807, 2.05) is 84.9 Å². The number of urea groups is 2. The molecule has 6 heteroatoms. The summed E-state index contributed by atoms with van der Waals surface area (Å²) in [6, 6.07) is 27.5. The predicted octanol–water partition coefficient (Wildman–Crippen LogP) is 8.30. The molecular formula is C33H40N4O2. The van der Waals surface area contributed by atoms with Gasteiger partial charge in [-0.2, -0.15) is 0 Å². The summed E-state index contributed by atoms with van der Waals surface area (Å²) >= 11 is 0. The van der Waals surface area contributed by atoms with E-state index in [2.05, 4.69) is 35.1 Å². The number of amides is 4. The predicted molar refractivity (Wildman–Crippen MR) is 163 cm³/mol. The number of carbonyl (C=O) groups is 2. The van der Waals surface area contributed by atoms with Crippen LogP contribution in [0.1, 0.15) is 52.4 Å². The molecule has 4 amide bonds. The van der Waals surface area contributed by atoms with Gasteiger partial charge < -0.3 is 21.3 Å². The van der Waals surface area contributed by atoms with Crippen LogP contribution in [-0.2, 0) is 0 Å². The lowest BCUT2D eigenvalue weighted by Gasteiger charge is -2.33. The minimum absolute atomic E-state index is 0.0140. The van der Waals surface area contributed by atoms with Crippen molar-refractivity contribution in [1.29, 1.82) is 0 Å². The topological polar surface area (TPSA) is 82.3 Å². The molecule has 0 bridgehead atoms. The standard InChI is InChI=1S/C33H40N4O2/c1-3-5-21-33(4-2,24-35-32(39)37-30-20-11-16-26-14-7-9-18-28(26)30)22-12-23-34-31(38)36-29-19-10-15-25-13-6-8-17-27(25)29/h6-11,13-20H,3-5,12,21-24H2,1-2H3,(H2,34,36,38)(H2,35,37,39). The zero-order chi connectivity index (χ0) is 27.5. The van der Waals surface area contributed by atoms with Gasteiger partial charge in [0.15, 0.2) is 0 Å². The first kappa shape index (κ1) is 28.0. The zero-order valence-electron chi connectivity index (χ0n) is 23.1. The van der Waals surface area contributed by atoms with Crippen LogP contribution in [0.3, 0.4) is 0 Å². The normalized spacial score (nSPS) is 12.6. The van der Waals surface area contributed by atoms with Crippen molar-refractivity contribution in [2.75, 3.05) is 23.7 Å². The Balaban J connectivity index is 1.30. The Kier molecular flexibility index (Phi) is 9.79. The van der Waals surface area contributed by atoms with Gasteiger partial charge in [-0.25, -0.2) is 9.59 Å². The lowest BCUT2D eigenvalue weighted by atomic mass is 9.76. The van der Waals surface area contributed by atoms with Crippen molar-refractivity contribution in [2.45, 2.75) is 52.4 Å². The third-order valence-electron chi connectivity index (χ3n) is 7.68. The van der Waals surface area contributed by atoms with Crippen LogP contribution in [0.4, 0.5) is 21.0 Å². The number of benzene rings is 4. The van der Waals surface area contributed by atoms with Gasteiger partial charge in [0.2, 0.25) is 0 Å². The summed E-state index contributed by atoms with van der Waals surface area (Å²) in [6.07, 6.45) is 5.98. The number of unbranched alkanes of at least 4 members (excludes halogenated alkanes) is 1. The number of fused-ring (bicyclic) bond motifs is 2. The Bertz CT molecular complexity index is 1390. The first-order chi connectivity index (χ1) is 19.0. The van der Waals surface area contributed by atoms with Gasteiger partial charge in [0, 0.05) is 23.9 Å². The molecule has 0 aliphatic rings. The summed E-state index contributed by atoms with van der Waals surface area (Å²) in [6.45, 7) is 5.57. The molecule has 4 N–H and O–H groups in total. The molecule has 4 aromatic rings. The number of hydrogen-bond acceptors (Lipinski definition) is 2. The van der Waals surface area contributed by atoms with E-state index in [0.29, 0.717) is 13.1 Å². The van der Waals surface area contributed by atoms with Crippen molar-refractivity contribution < 1.29 is 9.59 Å². The summed E-state index contributed by atoms with van der Waals surface area (Å²) in [4.78, 5) is 25.5. The highest BCUT2D eigenvalue weighted by molar-refractivity contribution is 6.02. The van der Waals surface area contributed by atoms with Crippen molar-refractivity contribution >= 4 is 45.0 Å². The van der Waals surface area contributed by atoms with E-state index in [1.54, 1.807) is 0 Å². The third kappa shape index (κ3) is 7.50. The molecule has 4 aromatic carbocycles. The summed E-state index contributed by atoms with van der Waals surface area (Å²) in [7, 11) is 0. The second kappa shape index (κ2) is 13.7. The van der Waals surface area contributed by atoms with Gasteiger partial charge in [-0.1, -0.05) is 99.5 Å². The molecule has 204 valence electrons. The van der Waals surface area contributed by atoms with E-state index in [4.69, 9.17) is 0 Å².